The first-order chi connectivity index (χ1) is 5.24. The zero-order chi connectivity index (χ0) is 8.27. The van der Waals surface area contributed by atoms with Gasteiger partial charge in [-0.1, -0.05) is 19.8 Å². The Morgan fingerprint density at radius 2 is 1.91 bits per heavy atom. The van der Waals surface area contributed by atoms with E-state index in [4.69, 9.17) is 11.0 Å². The molecule has 2 nitrogen and oxygen atoms in total. The predicted molar refractivity (Wildman–Crippen MR) is 44.7 cm³/mol. The molecule has 0 heterocycles. The molecule has 0 bridgehead atoms. The van der Waals surface area contributed by atoms with Gasteiger partial charge in [-0.3, -0.25) is 0 Å². The van der Waals surface area contributed by atoms with Crippen LogP contribution in [0, 0.1) is 23.2 Å². The van der Waals surface area contributed by atoms with E-state index in [1.807, 2.05) is 0 Å². The van der Waals surface area contributed by atoms with Crippen molar-refractivity contribution in [1.82, 2.24) is 0 Å². The van der Waals surface area contributed by atoms with Crippen molar-refractivity contribution in [2.24, 2.45) is 17.6 Å². The summed E-state index contributed by atoms with van der Waals surface area (Å²) in [5.74, 6) is 1.31. The number of nitriles is 1. The van der Waals surface area contributed by atoms with Gasteiger partial charge >= 0.3 is 0 Å². The average Bonchev–Trinajstić information content (AvgIpc) is 2.05. The Morgan fingerprint density at radius 1 is 1.36 bits per heavy atom. The fraction of sp³-hybridized carbons (Fsp3) is 0.889. The molecule has 0 aromatic rings. The highest BCUT2D eigenvalue weighted by atomic mass is 14.7. The van der Waals surface area contributed by atoms with Crippen LogP contribution in [0.15, 0.2) is 0 Å². The smallest absolute Gasteiger partial charge is 0.0956 e. The Hall–Kier alpha value is -0.550. The Kier molecular flexibility index (Phi) is 2.90. The summed E-state index contributed by atoms with van der Waals surface area (Å²) in [6, 6.07) is 1.91. The standard InChI is InChI=1S/C9H16N2/c1-7-2-4-8(5-3-7)9(11)6-10/h7-9H,2-5,11H2,1H3/t7?,8?,9-/m1/s1. The Labute approximate surface area is 68.4 Å². The SMILES string of the molecule is CC1CCC([C@H](N)C#N)CC1. The van der Waals surface area contributed by atoms with Gasteiger partial charge in [0, 0.05) is 0 Å². The van der Waals surface area contributed by atoms with Crippen LogP contribution >= 0.6 is 0 Å². The molecular weight excluding hydrogens is 136 g/mol. The number of hydrogen-bond donors (Lipinski definition) is 1. The first-order valence-corrected chi connectivity index (χ1v) is 4.39. The lowest BCUT2D eigenvalue weighted by Gasteiger charge is -2.27. The van der Waals surface area contributed by atoms with Crippen molar-refractivity contribution >= 4 is 0 Å². The molecule has 0 amide bonds. The second-order valence-corrected chi connectivity index (χ2v) is 3.67. The van der Waals surface area contributed by atoms with Crippen LogP contribution in [-0.2, 0) is 0 Å². The summed E-state index contributed by atoms with van der Waals surface area (Å²) >= 11 is 0. The summed E-state index contributed by atoms with van der Waals surface area (Å²) in [7, 11) is 0. The van der Waals surface area contributed by atoms with E-state index in [1.165, 1.54) is 12.8 Å². The molecule has 1 aliphatic rings. The third kappa shape index (κ3) is 2.20. The van der Waals surface area contributed by atoms with Crippen LogP contribution < -0.4 is 5.73 Å². The fourth-order valence-corrected chi connectivity index (χ4v) is 1.75. The molecule has 0 unspecified atom stereocenters. The minimum atomic E-state index is -0.220. The highest BCUT2D eigenvalue weighted by Crippen LogP contribution is 2.29. The van der Waals surface area contributed by atoms with E-state index in [1.54, 1.807) is 0 Å². The van der Waals surface area contributed by atoms with Gasteiger partial charge in [-0.15, -0.1) is 0 Å². The van der Waals surface area contributed by atoms with Crippen LogP contribution in [0.4, 0.5) is 0 Å². The maximum Gasteiger partial charge on any atom is 0.0956 e. The van der Waals surface area contributed by atoms with Crippen LogP contribution in [0.1, 0.15) is 32.6 Å². The second-order valence-electron chi connectivity index (χ2n) is 3.67. The molecule has 1 atom stereocenters. The van der Waals surface area contributed by atoms with Gasteiger partial charge in [0.15, 0.2) is 0 Å². The van der Waals surface area contributed by atoms with E-state index in [0.717, 1.165) is 18.8 Å². The Bertz CT molecular complexity index is 151. The van der Waals surface area contributed by atoms with Gasteiger partial charge in [0.2, 0.25) is 0 Å². The van der Waals surface area contributed by atoms with Crippen molar-refractivity contribution in [2.75, 3.05) is 0 Å². The summed E-state index contributed by atoms with van der Waals surface area (Å²) in [5.41, 5.74) is 5.63. The van der Waals surface area contributed by atoms with E-state index in [2.05, 4.69) is 13.0 Å². The molecule has 11 heavy (non-hydrogen) atoms. The lowest BCUT2D eigenvalue weighted by molar-refractivity contribution is 0.275. The van der Waals surface area contributed by atoms with Crippen LogP contribution in [0.3, 0.4) is 0 Å². The van der Waals surface area contributed by atoms with Gasteiger partial charge in [-0.2, -0.15) is 5.26 Å². The molecule has 0 spiro atoms. The van der Waals surface area contributed by atoms with Crippen LogP contribution in [0.25, 0.3) is 0 Å². The first kappa shape index (κ1) is 8.55. The molecule has 0 saturated heterocycles. The highest BCUT2D eigenvalue weighted by molar-refractivity contribution is 4.93. The molecule has 0 radical (unpaired) electrons. The zero-order valence-electron chi connectivity index (χ0n) is 7.09. The lowest BCUT2D eigenvalue weighted by Crippen LogP contribution is -2.31. The van der Waals surface area contributed by atoms with Crippen LogP contribution in [0.2, 0.25) is 0 Å². The first-order valence-electron chi connectivity index (χ1n) is 4.39. The summed E-state index contributed by atoms with van der Waals surface area (Å²) in [5, 5.41) is 8.58. The van der Waals surface area contributed by atoms with Gasteiger partial charge in [-0.05, 0) is 24.7 Å². The van der Waals surface area contributed by atoms with E-state index in [9.17, 15) is 0 Å². The van der Waals surface area contributed by atoms with E-state index >= 15 is 0 Å². The van der Waals surface area contributed by atoms with Crippen molar-refractivity contribution in [3.63, 3.8) is 0 Å². The average molecular weight is 152 g/mol. The molecule has 0 aromatic heterocycles. The highest BCUT2D eigenvalue weighted by Gasteiger charge is 2.22. The maximum absolute atomic E-state index is 8.58. The second kappa shape index (κ2) is 3.73. The molecule has 0 aliphatic heterocycles. The normalized spacial score (nSPS) is 34.3. The van der Waals surface area contributed by atoms with Gasteiger partial charge in [-0.25, -0.2) is 0 Å². The van der Waals surface area contributed by atoms with E-state index < -0.39 is 0 Å². The predicted octanol–water partition coefficient (Wildman–Crippen LogP) is 1.66. The van der Waals surface area contributed by atoms with Crippen LogP contribution in [-0.4, -0.2) is 6.04 Å². The van der Waals surface area contributed by atoms with Gasteiger partial charge in [0.05, 0.1) is 12.1 Å². The van der Waals surface area contributed by atoms with Gasteiger partial charge < -0.3 is 5.73 Å². The third-order valence-electron chi connectivity index (χ3n) is 2.72. The molecule has 62 valence electrons. The molecule has 1 fully saturated rings. The quantitative estimate of drug-likeness (QED) is 0.621. The van der Waals surface area contributed by atoms with E-state index in [-0.39, 0.29) is 6.04 Å². The van der Waals surface area contributed by atoms with E-state index in [0.29, 0.717) is 5.92 Å². The largest absolute Gasteiger partial charge is 0.316 e. The van der Waals surface area contributed by atoms with Gasteiger partial charge in [0.25, 0.3) is 0 Å². The topological polar surface area (TPSA) is 49.8 Å². The Balaban J connectivity index is 2.34. The lowest BCUT2D eigenvalue weighted by atomic mass is 9.80. The minimum absolute atomic E-state index is 0.220. The minimum Gasteiger partial charge on any atom is -0.316 e. The molecule has 2 heteroatoms. The van der Waals surface area contributed by atoms with Crippen molar-refractivity contribution in [2.45, 2.75) is 38.6 Å². The number of nitrogens with two attached hydrogens (primary N) is 1. The zero-order valence-corrected chi connectivity index (χ0v) is 7.09. The fourth-order valence-electron chi connectivity index (χ4n) is 1.75. The number of rotatable bonds is 1. The number of nitrogens with zero attached hydrogens (tertiary/aromatic N) is 1. The molecule has 0 aromatic carbocycles. The van der Waals surface area contributed by atoms with Crippen LogP contribution in [0.5, 0.6) is 0 Å². The van der Waals surface area contributed by atoms with Crippen molar-refractivity contribution < 1.29 is 0 Å². The van der Waals surface area contributed by atoms with Crippen molar-refractivity contribution in [3.8, 4) is 6.07 Å². The molecule has 2 N–H and O–H groups in total. The Morgan fingerprint density at radius 3 is 2.36 bits per heavy atom. The van der Waals surface area contributed by atoms with Gasteiger partial charge in [0.1, 0.15) is 0 Å². The third-order valence-corrected chi connectivity index (χ3v) is 2.72. The number of hydrogen-bond acceptors (Lipinski definition) is 2. The summed E-state index contributed by atoms with van der Waals surface area (Å²) in [6.45, 7) is 2.27. The molecule has 1 saturated carbocycles. The summed E-state index contributed by atoms with van der Waals surface area (Å²) < 4.78 is 0. The van der Waals surface area contributed by atoms with Crippen molar-refractivity contribution in [3.05, 3.63) is 0 Å². The monoisotopic (exact) mass is 152 g/mol. The van der Waals surface area contributed by atoms with Crippen molar-refractivity contribution in [1.29, 1.82) is 5.26 Å². The molecule has 1 aliphatic carbocycles. The summed E-state index contributed by atoms with van der Waals surface area (Å²) in [4.78, 5) is 0. The molecular formula is C9H16N2. The molecule has 1 rings (SSSR count). The maximum atomic E-state index is 8.58. The summed E-state index contributed by atoms with van der Waals surface area (Å²) in [6.07, 6.45) is 4.80.